The summed E-state index contributed by atoms with van der Waals surface area (Å²) in [6.45, 7) is 1.16. The van der Waals surface area contributed by atoms with Gasteiger partial charge in [-0.05, 0) is 104 Å². The monoisotopic (exact) mass is 1710 g/mol. The number of phenols is 3. The summed E-state index contributed by atoms with van der Waals surface area (Å²) in [7, 11) is -32.2. The lowest BCUT2D eigenvalue weighted by atomic mass is 10.0. The maximum absolute atomic E-state index is 13.4. The highest BCUT2D eigenvalue weighted by atomic mass is 32.2. The van der Waals surface area contributed by atoms with Gasteiger partial charge in [-0.25, -0.2) is 15.8 Å². The van der Waals surface area contributed by atoms with Crippen molar-refractivity contribution in [2.24, 2.45) is 51.1 Å². The molecule has 46 nitrogen and oxygen atoms in total. The molecular weight excluding hydrogens is 1660 g/mol. The van der Waals surface area contributed by atoms with Crippen molar-refractivity contribution in [1.82, 2.24) is 0 Å². The maximum Gasteiger partial charge on any atom is 0.297 e. The van der Waals surface area contributed by atoms with Crippen molar-refractivity contribution < 1.29 is 151 Å². The Morgan fingerprint density at radius 1 is 0.455 bits per heavy atom. The number of anilines is 1. The first kappa shape index (κ1) is 84.1. The number of nitro groups is 1. The van der Waals surface area contributed by atoms with E-state index in [0.717, 1.165) is 42.5 Å². The Kier molecular flexibility index (Phi) is 26.4. The molecule has 0 saturated carbocycles. The molecule has 584 valence electrons. The zero-order chi connectivity index (χ0) is 80.6. The largest absolute Gasteiger partial charge is 0.507 e. The minimum absolute atomic E-state index is 0.00393. The van der Waals surface area contributed by atoms with E-state index in [4.69, 9.17) is 31.0 Å². The van der Waals surface area contributed by atoms with Crippen molar-refractivity contribution >= 4 is 197 Å². The summed E-state index contributed by atoms with van der Waals surface area (Å²) in [6.07, 6.45) is 0.350. The van der Waals surface area contributed by atoms with Crippen molar-refractivity contribution in [2.75, 3.05) is 30.5 Å². The predicted molar refractivity (Wildman–Crippen MR) is 377 cm³/mol. The minimum atomic E-state index is -5.75. The average molecular weight is 1710 g/mol. The number of azo groups is 5. The molecule has 0 spiro atoms. The van der Waals surface area contributed by atoms with E-state index in [0.29, 0.717) is 54.4 Å². The van der Waals surface area contributed by atoms with Crippen molar-refractivity contribution in [3.05, 3.63) is 119 Å². The molecular formula is C55H46N12O34S9. The molecule has 9 rings (SSSR count). The van der Waals surface area contributed by atoms with Gasteiger partial charge in [0, 0.05) is 82.1 Å². The SMILES string of the molecule is Cc1cc(N=Nc2c(S(=O)(=O)O)cc3c(S(=O)(=O)O)c(N=Nc4cc(S(=O)(=O)O)c5cc(SOOO)c(N=Nc6ccc([N+](=O)[O-])cc6S(=O)(=O)O)c(O)c5c4N)ccc3c2O)c(OCCCSOOO)cc1N=Nc1ccc(N=Nc2cc(S(=O)(=O)O)cc3cc(S(=O)(=O)O)cc(O)c23)cc1OCCCSOOO. The van der Waals surface area contributed by atoms with E-state index >= 15 is 0 Å². The zero-order valence-corrected chi connectivity index (χ0v) is 61.4. The average Bonchev–Trinajstić information content (AvgIpc) is 0.753. The van der Waals surface area contributed by atoms with Crippen LogP contribution in [0.3, 0.4) is 0 Å². The van der Waals surface area contributed by atoms with Crippen LogP contribution in [0.15, 0.2) is 189 Å². The zero-order valence-electron chi connectivity index (χ0n) is 54.1. The number of fused-ring (bicyclic) bond motifs is 3. The number of nitrogens with two attached hydrogens (primary N) is 1. The molecule has 55 heteroatoms. The Balaban J connectivity index is 1.11. The lowest BCUT2D eigenvalue weighted by molar-refractivity contribution is -0.432. The van der Waals surface area contributed by atoms with Crippen LogP contribution in [0.5, 0.6) is 28.7 Å². The summed E-state index contributed by atoms with van der Waals surface area (Å²) in [5, 5.41) is 119. The van der Waals surface area contributed by atoms with Crippen LogP contribution >= 0.6 is 36.1 Å². The molecule has 0 amide bonds. The van der Waals surface area contributed by atoms with E-state index in [1.54, 1.807) is 0 Å². The third-order valence-electron chi connectivity index (χ3n) is 14.4. The first-order valence-corrected chi connectivity index (χ1v) is 40.2. The van der Waals surface area contributed by atoms with Gasteiger partial charge in [-0.2, -0.15) is 60.7 Å². The van der Waals surface area contributed by atoms with Gasteiger partial charge in [0.05, 0.1) is 78.4 Å². The molecule has 0 saturated heterocycles. The second-order valence-electron chi connectivity index (χ2n) is 21.4. The molecule has 0 aliphatic heterocycles. The van der Waals surface area contributed by atoms with E-state index in [2.05, 4.69) is 79.3 Å². The number of nitro benzene ring substituents is 1. The molecule has 0 bridgehead atoms. The molecule has 110 heavy (non-hydrogen) atoms. The third-order valence-corrected chi connectivity index (χ3v) is 21.5. The quantitative estimate of drug-likeness (QED) is 0.00260. The summed E-state index contributed by atoms with van der Waals surface area (Å²) in [6, 6.07) is 14.5. The lowest BCUT2D eigenvalue weighted by Crippen LogP contribution is -2.03. The van der Waals surface area contributed by atoms with Crippen molar-refractivity contribution in [2.45, 2.75) is 54.0 Å². The van der Waals surface area contributed by atoms with Crippen LogP contribution in [0, 0.1) is 17.0 Å². The summed E-state index contributed by atoms with van der Waals surface area (Å²) in [4.78, 5) is 2.95. The number of aromatic hydroxyl groups is 3. The highest BCUT2D eigenvalue weighted by Gasteiger charge is 2.31. The molecule has 0 fully saturated rings. The number of rotatable bonds is 34. The smallest absolute Gasteiger partial charge is 0.297 e. The molecule has 14 N–H and O–H groups in total. The van der Waals surface area contributed by atoms with Crippen molar-refractivity contribution in [3.8, 4) is 28.7 Å². The summed E-state index contributed by atoms with van der Waals surface area (Å²) in [5.74, 6) is -3.31. The fourth-order valence-corrected chi connectivity index (χ4v) is 14.8. The number of hydrogen-bond donors (Lipinski definition) is 13. The van der Waals surface area contributed by atoms with Gasteiger partial charge >= 0.3 is 0 Å². The van der Waals surface area contributed by atoms with Crippen molar-refractivity contribution in [1.29, 1.82) is 0 Å². The molecule has 9 aromatic rings. The van der Waals surface area contributed by atoms with Gasteiger partial charge in [-0.3, -0.25) is 37.4 Å². The molecule has 0 aromatic heterocycles. The first-order valence-electron chi connectivity index (χ1n) is 29.0. The number of phenolic OH excluding ortho intramolecular Hbond substituents is 3. The van der Waals surface area contributed by atoms with Gasteiger partial charge in [0.25, 0.3) is 66.4 Å². The number of aryl methyl sites for hydroxylation is 1. The van der Waals surface area contributed by atoms with Crippen LogP contribution in [-0.4, -0.2) is 139 Å². The Morgan fingerprint density at radius 3 is 1.58 bits per heavy atom. The highest BCUT2D eigenvalue weighted by Crippen LogP contribution is 2.52. The van der Waals surface area contributed by atoms with Gasteiger partial charge in [0.15, 0.2) is 11.5 Å². The number of non-ortho nitro benzene ring substituents is 1. The second kappa shape index (κ2) is 34.6. The van der Waals surface area contributed by atoms with Gasteiger partial charge in [0.2, 0.25) is 0 Å². The lowest BCUT2D eigenvalue weighted by Gasteiger charge is -2.15. The van der Waals surface area contributed by atoms with Gasteiger partial charge in [-0.15, -0.1) is 53.9 Å². The van der Waals surface area contributed by atoms with E-state index < -0.39 is 184 Å². The van der Waals surface area contributed by atoms with Crippen LogP contribution in [0.2, 0.25) is 0 Å². The first-order chi connectivity index (χ1) is 51.6. The fourth-order valence-electron chi connectivity index (χ4n) is 9.71. The Hall–Kier alpha value is -9.89. The number of nitrogens with zero attached hydrogens (tertiary/aromatic N) is 11. The predicted octanol–water partition coefficient (Wildman–Crippen LogP) is 13.7. The van der Waals surface area contributed by atoms with Crippen LogP contribution in [0.1, 0.15) is 18.4 Å². The van der Waals surface area contributed by atoms with Crippen LogP contribution in [0.4, 0.5) is 68.2 Å². The molecule has 0 radical (unpaired) electrons. The summed E-state index contributed by atoms with van der Waals surface area (Å²) >= 11 is 1.30. The van der Waals surface area contributed by atoms with E-state index in [-0.39, 0.29) is 100 Å². The molecule has 0 atom stereocenters. The van der Waals surface area contributed by atoms with Crippen LogP contribution in [0.25, 0.3) is 32.3 Å². The molecule has 0 aliphatic carbocycles. The van der Waals surface area contributed by atoms with E-state index in [9.17, 15) is 103 Å². The topological polar surface area (TPSA) is 714 Å². The van der Waals surface area contributed by atoms with E-state index in [1.165, 1.54) is 37.3 Å². The Bertz CT molecular complexity index is 6080. The van der Waals surface area contributed by atoms with Gasteiger partial charge < -0.3 is 30.5 Å². The third kappa shape index (κ3) is 20.2. The molecule has 9 aromatic carbocycles. The van der Waals surface area contributed by atoms with E-state index in [1.807, 2.05) is 0 Å². The van der Waals surface area contributed by atoms with Gasteiger partial charge in [0.1, 0.15) is 76.6 Å². The van der Waals surface area contributed by atoms with Gasteiger partial charge in [-0.1, -0.05) is 15.1 Å². The summed E-state index contributed by atoms with van der Waals surface area (Å²) < 4.78 is 239. The molecule has 0 unspecified atom stereocenters. The minimum Gasteiger partial charge on any atom is -0.507 e. The number of nitrogen functional groups attached to an aromatic ring is 1. The highest BCUT2D eigenvalue weighted by molar-refractivity contribution is 7.95. The van der Waals surface area contributed by atoms with Crippen LogP contribution in [-0.2, 0) is 88.8 Å². The fraction of sp³-hybridized carbons (Fsp3) is 0.127. The number of benzene rings is 9. The molecule has 0 aliphatic rings. The maximum atomic E-state index is 13.4. The Morgan fingerprint density at radius 2 is 0.991 bits per heavy atom. The van der Waals surface area contributed by atoms with Crippen LogP contribution < -0.4 is 15.2 Å². The standard InChI is InChI=1S/C55H46N12O34S9/c1-25-14-38(43(95-11-3-13-103-100-97-74)23-37(25)61-58-34-7-4-27(17-42(34)94-10-2-12-102-99-96-73)57-63-39-19-29(105(76,77)78)15-26-16-30(106(79,80)81)20-41(68)48(26)39)62-66-52-47(109(88,89)90)22-32-31(53(52)69)6-9-36(55(32)110(91,92)93)60-64-40-24-45(107(82,83)84)33-21-44(104-101-98-75)51(54(70)49(33)50(40)56)65-59-35-8-5-28(67(71)72)18-46(35)108(85,86)87/h4-9,14-24,68-70,73-75H,2-3,10-13,56H2,1H3,(H,76,77,78)(H,79,80,81)(H,82,83,84)(H,85,86,87)(H,88,89,90)(H,91,92,93). The number of ether oxygens (including phenoxy) is 2. The number of hydrogen-bond acceptors (Lipinski definition) is 42. The molecule has 0 heterocycles. The van der Waals surface area contributed by atoms with Crippen molar-refractivity contribution in [3.63, 3.8) is 0 Å². The Labute approximate surface area is 628 Å². The normalized spacial score (nSPS) is 12.9. The summed E-state index contributed by atoms with van der Waals surface area (Å²) in [5.41, 5.74) is -0.549. The second-order valence-corrected chi connectivity index (χ2v) is 32.1.